The number of aryl methyl sites for hydroxylation is 1. The highest BCUT2D eigenvalue weighted by Crippen LogP contribution is 2.13. The molecule has 1 aliphatic rings. The molecule has 3 nitrogen and oxygen atoms in total. The Morgan fingerprint density at radius 2 is 1.50 bits per heavy atom. The summed E-state index contributed by atoms with van der Waals surface area (Å²) < 4.78 is 1.04. The maximum absolute atomic E-state index is 12.5. The van der Waals surface area contributed by atoms with Crippen molar-refractivity contribution in [2.45, 2.75) is 19.9 Å². The van der Waals surface area contributed by atoms with Gasteiger partial charge in [0.05, 0.1) is 6.42 Å². The molecule has 0 N–H and O–H groups in total. The van der Waals surface area contributed by atoms with Crippen LogP contribution in [-0.2, 0) is 17.8 Å². The molecule has 0 saturated carbocycles. The summed E-state index contributed by atoms with van der Waals surface area (Å²) in [7, 11) is 0. The van der Waals surface area contributed by atoms with Crippen LogP contribution >= 0.6 is 15.9 Å². The lowest BCUT2D eigenvalue weighted by Crippen LogP contribution is -2.48. The monoisotopic (exact) mass is 386 g/mol. The van der Waals surface area contributed by atoms with Crippen LogP contribution in [0.5, 0.6) is 0 Å². The van der Waals surface area contributed by atoms with Crippen LogP contribution < -0.4 is 0 Å². The van der Waals surface area contributed by atoms with Crippen molar-refractivity contribution in [3.8, 4) is 0 Å². The van der Waals surface area contributed by atoms with Crippen LogP contribution in [0.2, 0.25) is 0 Å². The van der Waals surface area contributed by atoms with Gasteiger partial charge in [0.15, 0.2) is 0 Å². The van der Waals surface area contributed by atoms with E-state index in [1.807, 2.05) is 29.2 Å². The number of piperazine rings is 1. The number of carbonyl (C=O) groups is 1. The summed E-state index contributed by atoms with van der Waals surface area (Å²) in [5.74, 6) is 0.229. The molecule has 24 heavy (non-hydrogen) atoms. The molecule has 2 aromatic rings. The van der Waals surface area contributed by atoms with E-state index in [0.717, 1.165) is 42.8 Å². The summed E-state index contributed by atoms with van der Waals surface area (Å²) in [6.45, 7) is 6.61. The van der Waals surface area contributed by atoms with Crippen LogP contribution in [0, 0.1) is 6.92 Å². The Morgan fingerprint density at radius 3 is 2.12 bits per heavy atom. The first-order valence-electron chi connectivity index (χ1n) is 8.40. The number of rotatable bonds is 4. The highest BCUT2D eigenvalue weighted by atomic mass is 79.9. The summed E-state index contributed by atoms with van der Waals surface area (Å²) in [6.07, 6.45) is 0.491. The van der Waals surface area contributed by atoms with Gasteiger partial charge in [0.1, 0.15) is 0 Å². The second-order valence-corrected chi connectivity index (χ2v) is 7.36. The van der Waals surface area contributed by atoms with Crippen molar-refractivity contribution in [3.63, 3.8) is 0 Å². The molecule has 1 amide bonds. The molecule has 1 saturated heterocycles. The highest BCUT2D eigenvalue weighted by molar-refractivity contribution is 9.10. The zero-order chi connectivity index (χ0) is 16.9. The topological polar surface area (TPSA) is 23.6 Å². The van der Waals surface area contributed by atoms with Crippen molar-refractivity contribution in [3.05, 3.63) is 69.7 Å². The number of hydrogen-bond acceptors (Lipinski definition) is 2. The fourth-order valence-corrected chi connectivity index (χ4v) is 3.26. The van der Waals surface area contributed by atoms with Crippen LogP contribution in [0.4, 0.5) is 0 Å². The van der Waals surface area contributed by atoms with Crippen molar-refractivity contribution in [2.24, 2.45) is 0 Å². The second-order valence-electron chi connectivity index (χ2n) is 6.45. The van der Waals surface area contributed by atoms with Crippen molar-refractivity contribution in [2.75, 3.05) is 26.2 Å². The van der Waals surface area contributed by atoms with Gasteiger partial charge in [-0.15, -0.1) is 0 Å². The molecule has 0 atom stereocenters. The first-order chi connectivity index (χ1) is 11.6. The first kappa shape index (κ1) is 17.2. The normalized spacial score (nSPS) is 15.5. The standard InChI is InChI=1S/C20H23BrN2O/c1-16-2-4-18(5-3-16)15-22-10-12-23(13-11-22)20(24)14-17-6-8-19(21)9-7-17/h2-9H,10-15H2,1H3. The van der Waals surface area contributed by atoms with Crippen LogP contribution in [-0.4, -0.2) is 41.9 Å². The average molecular weight is 387 g/mol. The Bertz CT molecular complexity index is 674. The summed E-state index contributed by atoms with van der Waals surface area (Å²) in [5, 5.41) is 0. The lowest BCUT2D eigenvalue weighted by molar-refractivity contribution is -0.132. The number of benzene rings is 2. The minimum atomic E-state index is 0.229. The van der Waals surface area contributed by atoms with E-state index in [9.17, 15) is 4.79 Å². The van der Waals surface area contributed by atoms with E-state index in [1.54, 1.807) is 0 Å². The van der Waals surface area contributed by atoms with Crippen LogP contribution in [0.15, 0.2) is 53.0 Å². The zero-order valence-electron chi connectivity index (χ0n) is 14.0. The highest BCUT2D eigenvalue weighted by Gasteiger charge is 2.21. The van der Waals surface area contributed by atoms with Crippen LogP contribution in [0.25, 0.3) is 0 Å². The quantitative estimate of drug-likeness (QED) is 0.800. The van der Waals surface area contributed by atoms with Gasteiger partial charge < -0.3 is 4.90 Å². The summed E-state index contributed by atoms with van der Waals surface area (Å²) in [5.41, 5.74) is 3.71. The molecule has 126 valence electrons. The van der Waals surface area contributed by atoms with E-state index in [1.165, 1.54) is 11.1 Å². The number of carbonyl (C=O) groups excluding carboxylic acids is 1. The van der Waals surface area contributed by atoms with E-state index < -0.39 is 0 Å². The van der Waals surface area contributed by atoms with Gasteiger partial charge in [0, 0.05) is 37.2 Å². The molecular formula is C20H23BrN2O. The molecule has 1 heterocycles. The van der Waals surface area contributed by atoms with Crippen molar-refractivity contribution >= 4 is 21.8 Å². The summed E-state index contributed by atoms with van der Waals surface area (Å²) in [4.78, 5) is 16.9. The van der Waals surface area contributed by atoms with Crippen LogP contribution in [0.1, 0.15) is 16.7 Å². The molecule has 0 radical (unpaired) electrons. The fourth-order valence-electron chi connectivity index (χ4n) is 3.00. The van der Waals surface area contributed by atoms with Crippen molar-refractivity contribution < 1.29 is 4.79 Å². The van der Waals surface area contributed by atoms with Crippen molar-refractivity contribution in [1.82, 2.24) is 9.80 Å². The predicted molar refractivity (Wildman–Crippen MR) is 101 cm³/mol. The zero-order valence-corrected chi connectivity index (χ0v) is 15.6. The number of hydrogen-bond donors (Lipinski definition) is 0. The number of nitrogens with zero attached hydrogens (tertiary/aromatic N) is 2. The van der Waals surface area contributed by atoms with Crippen molar-refractivity contribution in [1.29, 1.82) is 0 Å². The Morgan fingerprint density at radius 1 is 0.917 bits per heavy atom. The molecule has 0 aromatic heterocycles. The van der Waals surface area contributed by atoms with Gasteiger partial charge in [-0.2, -0.15) is 0 Å². The van der Waals surface area contributed by atoms with E-state index in [-0.39, 0.29) is 5.91 Å². The Balaban J connectivity index is 1.48. The Hall–Kier alpha value is -1.65. The maximum Gasteiger partial charge on any atom is 0.227 e. The van der Waals surface area contributed by atoms with E-state index in [0.29, 0.717) is 6.42 Å². The predicted octanol–water partition coefficient (Wildman–Crippen LogP) is 3.64. The minimum absolute atomic E-state index is 0.229. The summed E-state index contributed by atoms with van der Waals surface area (Å²) in [6, 6.07) is 16.7. The molecular weight excluding hydrogens is 364 g/mol. The molecule has 0 spiro atoms. The molecule has 0 unspecified atom stereocenters. The second kappa shape index (κ2) is 7.95. The molecule has 2 aromatic carbocycles. The molecule has 0 bridgehead atoms. The van der Waals surface area contributed by atoms with Gasteiger partial charge in [-0.3, -0.25) is 9.69 Å². The molecule has 1 fully saturated rings. The van der Waals surface area contributed by atoms with Gasteiger partial charge in [-0.25, -0.2) is 0 Å². The largest absolute Gasteiger partial charge is 0.340 e. The van der Waals surface area contributed by atoms with E-state index in [2.05, 4.69) is 52.0 Å². The Labute approximate surface area is 152 Å². The maximum atomic E-state index is 12.5. The number of halogens is 1. The average Bonchev–Trinajstić information content (AvgIpc) is 2.59. The van der Waals surface area contributed by atoms with Gasteiger partial charge in [0.25, 0.3) is 0 Å². The molecule has 3 rings (SSSR count). The van der Waals surface area contributed by atoms with Gasteiger partial charge in [-0.05, 0) is 30.2 Å². The van der Waals surface area contributed by atoms with E-state index >= 15 is 0 Å². The van der Waals surface area contributed by atoms with Gasteiger partial charge in [-0.1, -0.05) is 57.9 Å². The minimum Gasteiger partial charge on any atom is -0.340 e. The molecule has 1 aliphatic heterocycles. The third-order valence-corrected chi connectivity index (χ3v) is 5.05. The lowest BCUT2D eigenvalue weighted by atomic mass is 10.1. The fraction of sp³-hybridized carbons (Fsp3) is 0.350. The molecule has 0 aliphatic carbocycles. The number of amides is 1. The van der Waals surface area contributed by atoms with Crippen LogP contribution in [0.3, 0.4) is 0 Å². The van der Waals surface area contributed by atoms with E-state index in [4.69, 9.17) is 0 Å². The smallest absolute Gasteiger partial charge is 0.227 e. The van der Waals surface area contributed by atoms with Gasteiger partial charge >= 0.3 is 0 Å². The lowest BCUT2D eigenvalue weighted by Gasteiger charge is -2.35. The third-order valence-electron chi connectivity index (χ3n) is 4.52. The first-order valence-corrected chi connectivity index (χ1v) is 9.19. The van der Waals surface area contributed by atoms with Gasteiger partial charge in [0.2, 0.25) is 5.91 Å². The molecule has 4 heteroatoms. The third kappa shape index (κ3) is 4.68. The summed E-state index contributed by atoms with van der Waals surface area (Å²) >= 11 is 3.43. The SMILES string of the molecule is Cc1ccc(CN2CCN(C(=O)Cc3ccc(Br)cc3)CC2)cc1. The Kier molecular flexibility index (Phi) is 5.69.